The van der Waals surface area contributed by atoms with Crippen molar-refractivity contribution in [1.82, 2.24) is 14.1 Å². The van der Waals surface area contributed by atoms with E-state index in [1.165, 1.54) is 10.5 Å². The highest BCUT2D eigenvalue weighted by molar-refractivity contribution is 7.89. The Morgan fingerprint density at radius 2 is 1.57 bits per heavy atom. The molecule has 2 heterocycles. The van der Waals surface area contributed by atoms with Crippen molar-refractivity contribution in [3.8, 4) is 22.9 Å². The van der Waals surface area contributed by atoms with Crippen LogP contribution in [0.25, 0.3) is 5.69 Å². The van der Waals surface area contributed by atoms with Gasteiger partial charge in [-0.05, 0) is 51.0 Å². The van der Waals surface area contributed by atoms with Gasteiger partial charge < -0.3 is 19.1 Å². The molecule has 13 heteroatoms. The first-order valence-corrected chi connectivity index (χ1v) is 15.3. The Bertz CT molecular complexity index is 1620. The zero-order valence-electron chi connectivity index (χ0n) is 24.0. The molecule has 0 saturated carbocycles. The van der Waals surface area contributed by atoms with Crippen molar-refractivity contribution < 1.29 is 31.4 Å². The minimum Gasteiger partial charge on any atom is -0.496 e. The smallest absolute Gasteiger partial charge is 0.316 e. The summed E-state index contributed by atoms with van der Waals surface area (Å²) in [6.07, 6.45) is 2.63. The number of ether oxygens (including phenoxy) is 3. The van der Waals surface area contributed by atoms with Crippen LogP contribution in [0.4, 0.5) is 14.5 Å². The van der Waals surface area contributed by atoms with Gasteiger partial charge >= 0.3 is 5.56 Å². The standard InChI is InChI=1S/C29H34F2N4O6S/c1-18(2)42(37,38)34-11-9-33(10-12-34)25-17-32-35(21-14-19(30)13-20(31)15-21)29(36)28(25)41-22-5-6-23-24(16-22)27(40-4)8-7-26(23)39-3/h7-8,13-15,17-18,22H,5-6,9-12,16H2,1-4H3. The predicted molar refractivity (Wildman–Crippen MR) is 154 cm³/mol. The van der Waals surface area contributed by atoms with Gasteiger partial charge in [0.2, 0.25) is 15.8 Å². The minimum atomic E-state index is -3.44. The molecule has 1 atom stereocenters. The molecular weight excluding hydrogens is 570 g/mol. The van der Waals surface area contributed by atoms with E-state index in [1.807, 2.05) is 17.0 Å². The maximum Gasteiger partial charge on any atom is 0.316 e. The highest BCUT2D eigenvalue weighted by Crippen LogP contribution is 2.38. The lowest BCUT2D eigenvalue weighted by Gasteiger charge is -2.37. The number of sulfonamides is 1. The van der Waals surface area contributed by atoms with Gasteiger partial charge in [-0.1, -0.05) is 0 Å². The lowest BCUT2D eigenvalue weighted by atomic mass is 9.88. The fourth-order valence-corrected chi connectivity index (χ4v) is 6.79. The molecule has 5 rings (SSSR count). The van der Waals surface area contributed by atoms with E-state index in [0.29, 0.717) is 49.9 Å². The molecule has 1 saturated heterocycles. The molecule has 2 aromatic carbocycles. The van der Waals surface area contributed by atoms with Gasteiger partial charge in [0.15, 0.2) is 0 Å². The largest absolute Gasteiger partial charge is 0.496 e. The molecule has 10 nitrogen and oxygen atoms in total. The number of rotatable bonds is 8. The van der Waals surface area contributed by atoms with Crippen molar-refractivity contribution >= 4 is 15.7 Å². The average Bonchev–Trinajstić information content (AvgIpc) is 2.97. The van der Waals surface area contributed by atoms with E-state index in [4.69, 9.17) is 14.2 Å². The summed E-state index contributed by atoms with van der Waals surface area (Å²) in [5.74, 6) is -0.289. The Balaban J connectivity index is 1.51. The topological polar surface area (TPSA) is 103 Å². The lowest BCUT2D eigenvalue weighted by Crippen LogP contribution is -2.50. The molecule has 2 aliphatic rings. The van der Waals surface area contributed by atoms with Gasteiger partial charge in [-0.15, -0.1) is 0 Å². The molecule has 0 N–H and O–H groups in total. The molecule has 0 bridgehead atoms. The van der Waals surface area contributed by atoms with Gasteiger partial charge in [0.25, 0.3) is 0 Å². The molecule has 1 fully saturated rings. The summed E-state index contributed by atoms with van der Waals surface area (Å²) < 4.78 is 73.4. The molecule has 1 unspecified atom stereocenters. The van der Waals surface area contributed by atoms with E-state index < -0.39 is 38.6 Å². The van der Waals surface area contributed by atoms with Gasteiger partial charge in [0.05, 0.1) is 31.4 Å². The summed E-state index contributed by atoms with van der Waals surface area (Å²) in [5, 5.41) is 3.67. The predicted octanol–water partition coefficient (Wildman–Crippen LogP) is 3.32. The van der Waals surface area contributed by atoms with Crippen LogP contribution in [0.15, 0.2) is 41.3 Å². The van der Waals surface area contributed by atoms with E-state index in [-0.39, 0.29) is 24.5 Å². The molecule has 0 spiro atoms. The third-order valence-corrected chi connectivity index (χ3v) is 10.0. The fourth-order valence-electron chi connectivity index (χ4n) is 5.53. The summed E-state index contributed by atoms with van der Waals surface area (Å²) in [4.78, 5) is 15.7. The minimum absolute atomic E-state index is 0.0230. The third-order valence-electron chi connectivity index (χ3n) is 7.76. The highest BCUT2D eigenvalue weighted by atomic mass is 32.2. The van der Waals surface area contributed by atoms with Gasteiger partial charge in [0.1, 0.15) is 34.9 Å². The van der Waals surface area contributed by atoms with Crippen LogP contribution in [0.1, 0.15) is 31.4 Å². The number of halogens is 2. The summed E-state index contributed by atoms with van der Waals surface area (Å²) >= 11 is 0. The number of hydrogen-bond donors (Lipinski definition) is 0. The Hall–Kier alpha value is -3.71. The number of methoxy groups -OCH3 is 2. The zero-order chi connectivity index (χ0) is 30.2. The van der Waals surface area contributed by atoms with Crippen LogP contribution in [0, 0.1) is 11.6 Å². The van der Waals surface area contributed by atoms with Gasteiger partial charge in [-0.3, -0.25) is 4.79 Å². The van der Waals surface area contributed by atoms with E-state index >= 15 is 0 Å². The number of anilines is 1. The van der Waals surface area contributed by atoms with Crippen LogP contribution in [-0.2, 0) is 22.9 Å². The number of aromatic nitrogens is 2. The first-order valence-electron chi connectivity index (χ1n) is 13.8. The number of benzene rings is 2. The van der Waals surface area contributed by atoms with E-state index in [1.54, 1.807) is 28.1 Å². The van der Waals surface area contributed by atoms with Crippen molar-refractivity contribution in [1.29, 1.82) is 0 Å². The van der Waals surface area contributed by atoms with Crippen LogP contribution in [0.5, 0.6) is 17.2 Å². The zero-order valence-corrected chi connectivity index (χ0v) is 24.8. The number of nitrogens with zero attached hydrogens (tertiary/aromatic N) is 4. The summed E-state index contributed by atoms with van der Waals surface area (Å²) in [6, 6.07) is 6.44. The monoisotopic (exact) mass is 604 g/mol. The number of hydrogen-bond acceptors (Lipinski definition) is 8. The molecule has 1 aliphatic heterocycles. The third kappa shape index (κ3) is 5.67. The van der Waals surface area contributed by atoms with Crippen molar-refractivity contribution in [3.63, 3.8) is 0 Å². The molecular formula is C29H34F2N4O6S. The van der Waals surface area contributed by atoms with E-state index in [0.717, 1.165) is 33.7 Å². The molecule has 226 valence electrons. The van der Waals surface area contributed by atoms with E-state index in [2.05, 4.69) is 5.10 Å². The summed E-state index contributed by atoms with van der Waals surface area (Å²) in [6.45, 7) is 4.35. The van der Waals surface area contributed by atoms with E-state index in [9.17, 15) is 22.0 Å². The van der Waals surface area contributed by atoms with Crippen LogP contribution >= 0.6 is 0 Å². The van der Waals surface area contributed by atoms with Crippen molar-refractivity contribution in [2.75, 3.05) is 45.3 Å². The number of fused-ring (bicyclic) bond motifs is 1. The van der Waals surface area contributed by atoms with Gasteiger partial charge in [-0.25, -0.2) is 17.2 Å². The molecule has 1 aromatic heterocycles. The Morgan fingerprint density at radius 3 is 2.17 bits per heavy atom. The van der Waals surface area contributed by atoms with Crippen LogP contribution in [0.2, 0.25) is 0 Å². The first-order chi connectivity index (χ1) is 20.0. The summed E-state index contributed by atoms with van der Waals surface area (Å²) in [7, 11) is -0.242. The van der Waals surface area contributed by atoms with Crippen LogP contribution < -0.4 is 24.7 Å². The summed E-state index contributed by atoms with van der Waals surface area (Å²) in [5.41, 5.74) is 1.56. The maximum absolute atomic E-state index is 14.1. The highest BCUT2D eigenvalue weighted by Gasteiger charge is 2.33. The second-order valence-electron chi connectivity index (χ2n) is 10.6. The molecule has 3 aromatic rings. The van der Waals surface area contributed by atoms with Gasteiger partial charge in [-0.2, -0.15) is 14.1 Å². The first kappa shape index (κ1) is 29.8. The fraction of sp³-hybridized carbons (Fsp3) is 0.448. The molecule has 0 amide bonds. The second kappa shape index (κ2) is 11.9. The lowest BCUT2D eigenvalue weighted by molar-refractivity contribution is 0.178. The quantitative estimate of drug-likeness (QED) is 0.386. The Kier molecular flexibility index (Phi) is 8.42. The molecule has 0 radical (unpaired) electrons. The van der Waals surface area contributed by atoms with Gasteiger partial charge in [0, 0.05) is 49.8 Å². The van der Waals surface area contributed by atoms with Crippen LogP contribution in [-0.4, -0.2) is 74.3 Å². The molecule has 1 aliphatic carbocycles. The van der Waals surface area contributed by atoms with Crippen molar-refractivity contribution in [2.45, 2.75) is 44.5 Å². The normalized spacial score (nSPS) is 17.7. The van der Waals surface area contributed by atoms with Crippen molar-refractivity contribution in [2.24, 2.45) is 0 Å². The Morgan fingerprint density at radius 1 is 0.952 bits per heavy atom. The maximum atomic E-state index is 14.1. The van der Waals surface area contributed by atoms with Crippen LogP contribution in [0.3, 0.4) is 0 Å². The second-order valence-corrected chi connectivity index (χ2v) is 13.1. The number of piperazine rings is 1. The SMILES string of the molecule is COc1ccc(OC)c2c1CCC(Oc1c(N3CCN(S(=O)(=O)C(C)C)CC3)cnn(-c3cc(F)cc(F)c3)c1=O)C2. The molecule has 42 heavy (non-hydrogen) atoms. The van der Waals surface area contributed by atoms with Crippen molar-refractivity contribution in [3.05, 3.63) is 69.6 Å². The Labute approximate surface area is 243 Å². The average molecular weight is 605 g/mol.